The average Bonchev–Trinajstić information content (AvgIpc) is 2.88. The topological polar surface area (TPSA) is 176 Å². The quantitative estimate of drug-likeness (QED) is 0.219. The van der Waals surface area contributed by atoms with Gasteiger partial charge in [-0.2, -0.15) is 0 Å². The zero-order valence-corrected chi connectivity index (χ0v) is 23.0. The Morgan fingerprint density at radius 3 is 2.35 bits per heavy atom. The van der Waals surface area contributed by atoms with E-state index in [4.69, 9.17) is 9.84 Å². The first-order valence-corrected chi connectivity index (χ1v) is 14.2. The minimum absolute atomic E-state index is 0.00691. The van der Waals surface area contributed by atoms with Gasteiger partial charge in [0.15, 0.2) is 9.84 Å². The fourth-order valence-electron chi connectivity index (χ4n) is 3.73. The van der Waals surface area contributed by atoms with E-state index in [1.54, 1.807) is 30.3 Å². The van der Waals surface area contributed by atoms with Crippen LogP contribution in [0.5, 0.6) is 5.75 Å². The van der Waals surface area contributed by atoms with E-state index in [0.29, 0.717) is 28.3 Å². The van der Waals surface area contributed by atoms with Gasteiger partial charge < -0.3 is 25.8 Å². The van der Waals surface area contributed by atoms with Crippen LogP contribution in [0, 0.1) is 6.92 Å². The molecular formula is C27H31N5O7S. The molecule has 212 valence electrons. The molecule has 0 bridgehead atoms. The Bertz CT molecular complexity index is 1480. The molecule has 12 nitrogen and oxygen atoms in total. The fourth-order valence-corrected chi connectivity index (χ4v) is 4.23. The van der Waals surface area contributed by atoms with Crippen LogP contribution in [-0.2, 0) is 25.8 Å². The lowest BCUT2D eigenvalue weighted by molar-refractivity contribution is -0.137. The molecule has 3 rings (SSSR count). The monoisotopic (exact) mass is 569 g/mol. The van der Waals surface area contributed by atoms with Gasteiger partial charge in [-0.05, 0) is 47.9 Å². The van der Waals surface area contributed by atoms with Gasteiger partial charge in [-0.1, -0.05) is 30.3 Å². The molecule has 0 spiro atoms. The van der Waals surface area contributed by atoms with Crippen molar-refractivity contribution in [3.8, 4) is 5.75 Å². The number of aryl methyl sites for hydroxylation is 1. The van der Waals surface area contributed by atoms with E-state index in [2.05, 4.69) is 26.3 Å². The third-order valence-corrected chi connectivity index (χ3v) is 6.39. The van der Waals surface area contributed by atoms with E-state index >= 15 is 0 Å². The van der Waals surface area contributed by atoms with Gasteiger partial charge in [0.25, 0.3) is 0 Å². The summed E-state index contributed by atoms with van der Waals surface area (Å²) in [6.07, 6.45) is 2.07. The van der Waals surface area contributed by atoms with Gasteiger partial charge in [-0.25, -0.2) is 18.2 Å². The number of aliphatic carboxylic acids is 1. The van der Waals surface area contributed by atoms with Crippen LogP contribution < -0.4 is 26.0 Å². The van der Waals surface area contributed by atoms with E-state index in [9.17, 15) is 22.8 Å². The van der Waals surface area contributed by atoms with Gasteiger partial charge in [-0.15, -0.1) is 0 Å². The normalized spacial score (nSPS) is 11.8. The van der Waals surface area contributed by atoms with Gasteiger partial charge in [0.05, 0.1) is 31.5 Å². The number of carbonyl (C=O) groups is 3. The molecule has 0 aliphatic heterocycles. The maximum atomic E-state index is 12.6. The second-order valence-electron chi connectivity index (χ2n) is 9.06. The highest BCUT2D eigenvalue weighted by Crippen LogP contribution is 2.26. The molecule has 3 aromatic rings. The van der Waals surface area contributed by atoms with Crippen molar-refractivity contribution in [2.75, 3.05) is 35.2 Å². The molecule has 1 aromatic heterocycles. The number of carbonyl (C=O) groups excluding carboxylic acids is 2. The third kappa shape index (κ3) is 9.36. The maximum absolute atomic E-state index is 12.6. The molecular weight excluding hydrogens is 538 g/mol. The molecule has 1 atom stereocenters. The number of methoxy groups -OCH3 is 1. The number of hydrogen-bond acceptors (Lipinski definition) is 8. The summed E-state index contributed by atoms with van der Waals surface area (Å²) < 4.78 is 28.3. The number of benzene rings is 2. The highest BCUT2D eigenvalue weighted by molar-refractivity contribution is 7.90. The number of hydrogen-bond donors (Lipinski definition) is 5. The first-order valence-electron chi connectivity index (χ1n) is 12.1. The molecule has 2 aromatic carbocycles. The Morgan fingerprint density at radius 2 is 1.73 bits per heavy atom. The summed E-state index contributed by atoms with van der Waals surface area (Å²) in [6, 6.07) is 14.2. The number of pyridine rings is 1. The molecule has 3 amide bonds. The number of ether oxygens (including phenoxy) is 1. The zero-order chi connectivity index (χ0) is 29.3. The van der Waals surface area contributed by atoms with E-state index in [1.165, 1.54) is 19.4 Å². The summed E-state index contributed by atoms with van der Waals surface area (Å²) in [5, 5.41) is 20.0. The fraction of sp³-hybridized carbons (Fsp3) is 0.259. The molecule has 0 radical (unpaired) electrons. The van der Waals surface area contributed by atoms with Gasteiger partial charge in [0.1, 0.15) is 11.6 Å². The van der Waals surface area contributed by atoms with Crippen molar-refractivity contribution in [3.63, 3.8) is 0 Å². The molecule has 0 aliphatic rings. The minimum Gasteiger partial charge on any atom is -0.495 e. The van der Waals surface area contributed by atoms with Crippen molar-refractivity contribution in [3.05, 3.63) is 77.5 Å². The predicted octanol–water partition coefficient (Wildman–Crippen LogP) is 3.33. The Morgan fingerprint density at radius 1 is 1.00 bits per heavy atom. The first-order chi connectivity index (χ1) is 18.9. The molecule has 1 unspecified atom stereocenters. The number of carboxylic acid groups (broad SMARTS) is 1. The zero-order valence-electron chi connectivity index (χ0n) is 22.2. The molecule has 40 heavy (non-hydrogen) atoms. The molecule has 0 saturated carbocycles. The summed E-state index contributed by atoms with van der Waals surface area (Å²) >= 11 is 0. The van der Waals surface area contributed by atoms with Crippen LogP contribution >= 0.6 is 0 Å². The maximum Gasteiger partial charge on any atom is 0.323 e. The van der Waals surface area contributed by atoms with Crippen molar-refractivity contribution in [1.29, 1.82) is 0 Å². The average molecular weight is 570 g/mol. The lowest BCUT2D eigenvalue weighted by Gasteiger charge is -2.17. The number of aromatic nitrogens is 1. The van der Waals surface area contributed by atoms with Crippen LogP contribution in [0.1, 0.15) is 29.2 Å². The number of sulfone groups is 1. The first kappa shape index (κ1) is 30.1. The Balaban J connectivity index is 1.61. The summed E-state index contributed by atoms with van der Waals surface area (Å²) in [5.41, 5.74) is 3.11. The highest BCUT2D eigenvalue weighted by atomic mass is 32.2. The molecule has 0 fully saturated rings. The number of nitrogens with zero attached hydrogens (tertiary/aromatic N) is 1. The molecule has 0 aliphatic carbocycles. The molecule has 5 N–H and O–H groups in total. The van der Waals surface area contributed by atoms with Gasteiger partial charge >= 0.3 is 12.0 Å². The Labute approximate surface area is 232 Å². The Hall–Kier alpha value is -4.49. The largest absolute Gasteiger partial charge is 0.495 e. The Kier molecular flexibility index (Phi) is 10.2. The third-order valence-electron chi connectivity index (χ3n) is 5.70. The molecule has 0 saturated heterocycles. The lowest BCUT2D eigenvalue weighted by Crippen LogP contribution is -2.29. The second-order valence-corrected chi connectivity index (χ2v) is 11.2. The van der Waals surface area contributed by atoms with Crippen molar-refractivity contribution in [2.24, 2.45) is 0 Å². The van der Waals surface area contributed by atoms with Crippen molar-refractivity contribution in [1.82, 2.24) is 10.3 Å². The van der Waals surface area contributed by atoms with E-state index in [1.807, 2.05) is 25.1 Å². The number of anilines is 3. The minimum atomic E-state index is -3.36. The summed E-state index contributed by atoms with van der Waals surface area (Å²) in [6.45, 7) is 1.88. The van der Waals surface area contributed by atoms with Crippen LogP contribution in [0.25, 0.3) is 0 Å². The number of rotatable bonds is 12. The summed E-state index contributed by atoms with van der Waals surface area (Å²) in [5.74, 6) is -1.24. The highest BCUT2D eigenvalue weighted by Gasteiger charge is 2.18. The van der Waals surface area contributed by atoms with Crippen LogP contribution in [-0.4, -0.2) is 55.7 Å². The van der Waals surface area contributed by atoms with Crippen molar-refractivity contribution < 1.29 is 32.6 Å². The number of nitrogens with one attached hydrogen (secondary N) is 4. The van der Waals surface area contributed by atoms with Crippen LogP contribution in [0.15, 0.2) is 60.8 Å². The second kappa shape index (κ2) is 13.5. The number of carboxylic acids is 1. The van der Waals surface area contributed by atoms with E-state index in [-0.39, 0.29) is 24.6 Å². The van der Waals surface area contributed by atoms with E-state index < -0.39 is 33.8 Å². The van der Waals surface area contributed by atoms with Gasteiger partial charge in [-0.3, -0.25) is 14.9 Å². The summed E-state index contributed by atoms with van der Waals surface area (Å²) in [4.78, 5) is 40.4. The van der Waals surface area contributed by atoms with E-state index in [0.717, 1.165) is 11.8 Å². The van der Waals surface area contributed by atoms with Crippen LogP contribution in [0.2, 0.25) is 0 Å². The predicted molar refractivity (Wildman–Crippen MR) is 151 cm³/mol. The standard InChI is InChI=1S/C27H31N5O7S/c1-17-6-4-5-7-20(17)30-27(36)31-21-10-8-18(12-23(21)39-2)13-25(33)32-24-11-9-19(15-28-24)22(14-26(34)35)29-16-40(3,37)38/h4-12,15,22,29H,13-14,16H2,1-3H3,(H,34,35)(H,28,32,33)(H2,30,31,36). The smallest absolute Gasteiger partial charge is 0.323 e. The van der Waals surface area contributed by atoms with Crippen LogP contribution in [0.3, 0.4) is 0 Å². The number of urea groups is 1. The van der Waals surface area contributed by atoms with Crippen molar-refractivity contribution in [2.45, 2.75) is 25.8 Å². The molecule has 1 heterocycles. The van der Waals surface area contributed by atoms with Gasteiger partial charge in [0.2, 0.25) is 5.91 Å². The van der Waals surface area contributed by atoms with Gasteiger partial charge in [0, 0.05) is 24.2 Å². The summed E-state index contributed by atoms with van der Waals surface area (Å²) in [7, 11) is -1.90. The number of amides is 3. The SMILES string of the molecule is COc1cc(CC(=O)Nc2ccc(C(CC(=O)O)NCS(C)(=O)=O)cn2)ccc1NC(=O)Nc1ccccc1C. The molecule has 13 heteroatoms. The lowest BCUT2D eigenvalue weighted by atomic mass is 10.1. The van der Waals surface area contributed by atoms with Crippen molar-refractivity contribution >= 4 is 44.9 Å². The number of para-hydroxylation sites is 1. The van der Waals surface area contributed by atoms with Crippen LogP contribution in [0.4, 0.5) is 22.0 Å².